The molecule has 2 heterocycles. The van der Waals surface area contributed by atoms with Crippen molar-refractivity contribution in [2.24, 2.45) is 5.11 Å². The molecule has 0 radical (unpaired) electrons. The van der Waals surface area contributed by atoms with Gasteiger partial charge in [-0.3, -0.25) is 0 Å². The number of carbonyl (C=O) groups excluding carboxylic acids is 2. The van der Waals surface area contributed by atoms with Gasteiger partial charge in [0.25, 0.3) is 0 Å². The fourth-order valence-electron chi connectivity index (χ4n) is 5.98. The number of rotatable bonds is 19. The van der Waals surface area contributed by atoms with Crippen LogP contribution in [0.25, 0.3) is 10.4 Å². The molecular weight excluding hydrogens is 654 g/mol. The first-order valence-electron chi connectivity index (χ1n) is 16.6. The minimum absolute atomic E-state index is 0.0910. The molecule has 0 N–H and O–H groups in total. The Morgan fingerprint density at radius 2 is 1.30 bits per heavy atom. The fraction of sp³-hybridized carbons (Fsp3) is 0.600. The summed E-state index contributed by atoms with van der Waals surface area (Å²) in [5.74, 6) is -1.41. The standard InChI is InChI=1S/C35H47N3O12/c1-35(2)49-29-26(21-46-32(39)27-22(41-3)15-13-16-23(27)42-4)47-34(45-20-12-10-8-7-9-11-19-37-38-36)31(30(29)50-35)48-33(40)28-24(43-5)17-14-18-25(28)44-6/h13-18,26,29-31,34H,7-12,19-21H2,1-6H3/t26-,29+,30+,31-,34-/m1/s1. The third-order valence-corrected chi connectivity index (χ3v) is 8.31. The number of unbranched alkanes of at least 4 members (excludes halogenated alkanes) is 5. The first kappa shape index (κ1) is 38.5. The second kappa shape index (κ2) is 18.6. The summed E-state index contributed by atoms with van der Waals surface area (Å²) < 4.78 is 58.7. The highest BCUT2D eigenvalue weighted by Crippen LogP contribution is 2.41. The Morgan fingerprint density at radius 1 is 0.780 bits per heavy atom. The minimum Gasteiger partial charge on any atom is -0.496 e. The van der Waals surface area contributed by atoms with E-state index in [9.17, 15) is 9.59 Å². The second-order valence-electron chi connectivity index (χ2n) is 12.1. The molecule has 2 aromatic carbocycles. The topological polar surface area (TPSA) is 175 Å². The third kappa shape index (κ3) is 9.70. The van der Waals surface area contributed by atoms with E-state index in [-0.39, 0.29) is 40.7 Å². The highest BCUT2D eigenvalue weighted by molar-refractivity contribution is 5.96. The number of benzene rings is 2. The van der Waals surface area contributed by atoms with Gasteiger partial charge in [-0.05, 0) is 56.5 Å². The Bertz CT molecular complexity index is 1440. The van der Waals surface area contributed by atoms with E-state index < -0.39 is 48.4 Å². The highest BCUT2D eigenvalue weighted by Gasteiger charge is 2.57. The number of ether oxygens (including phenoxy) is 10. The van der Waals surface area contributed by atoms with Gasteiger partial charge in [0.1, 0.15) is 59.0 Å². The van der Waals surface area contributed by atoms with Gasteiger partial charge in [-0.2, -0.15) is 0 Å². The first-order valence-corrected chi connectivity index (χ1v) is 16.6. The predicted molar refractivity (Wildman–Crippen MR) is 179 cm³/mol. The van der Waals surface area contributed by atoms with Crippen LogP contribution in [-0.4, -0.2) is 96.6 Å². The molecule has 4 rings (SSSR count). The summed E-state index contributed by atoms with van der Waals surface area (Å²) in [6, 6.07) is 9.92. The quantitative estimate of drug-likeness (QED) is 0.0549. The van der Waals surface area contributed by atoms with Crippen molar-refractivity contribution in [1.82, 2.24) is 0 Å². The van der Waals surface area contributed by atoms with Crippen LogP contribution in [0.15, 0.2) is 41.5 Å². The number of methoxy groups -OCH3 is 4. The highest BCUT2D eigenvalue weighted by atomic mass is 16.8. The monoisotopic (exact) mass is 701 g/mol. The molecule has 0 aliphatic carbocycles. The first-order chi connectivity index (χ1) is 24.2. The van der Waals surface area contributed by atoms with Gasteiger partial charge in [-0.15, -0.1) is 0 Å². The number of nitrogens with zero attached hydrogens (tertiary/aromatic N) is 3. The van der Waals surface area contributed by atoms with Crippen molar-refractivity contribution in [3.63, 3.8) is 0 Å². The molecule has 15 heteroatoms. The maximum Gasteiger partial charge on any atom is 0.346 e. The average molecular weight is 702 g/mol. The van der Waals surface area contributed by atoms with E-state index in [0.29, 0.717) is 19.6 Å². The molecule has 0 spiro atoms. The smallest absolute Gasteiger partial charge is 0.346 e. The maximum absolute atomic E-state index is 13.8. The number of hydrogen-bond donors (Lipinski definition) is 0. The van der Waals surface area contributed by atoms with Gasteiger partial charge in [-0.1, -0.05) is 42.9 Å². The van der Waals surface area contributed by atoms with Crippen molar-refractivity contribution < 1.29 is 57.0 Å². The van der Waals surface area contributed by atoms with E-state index in [2.05, 4.69) is 10.0 Å². The summed E-state index contributed by atoms with van der Waals surface area (Å²) >= 11 is 0. The van der Waals surface area contributed by atoms with E-state index in [4.69, 9.17) is 52.9 Å². The summed E-state index contributed by atoms with van der Waals surface area (Å²) in [5, 5.41) is 3.57. The molecule has 0 saturated carbocycles. The number of hydrogen-bond acceptors (Lipinski definition) is 13. The van der Waals surface area contributed by atoms with Crippen LogP contribution >= 0.6 is 0 Å². The molecular formula is C35H47N3O12. The Morgan fingerprint density at radius 3 is 1.86 bits per heavy atom. The molecule has 0 bridgehead atoms. The molecule has 2 fully saturated rings. The predicted octanol–water partition coefficient (Wildman–Crippen LogP) is 6.02. The fourth-order valence-corrected chi connectivity index (χ4v) is 5.98. The molecule has 2 aromatic rings. The Hall–Kier alpha value is -4.27. The normalized spacial score (nSPS) is 22.1. The number of carbonyl (C=O) groups is 2. The number of azide groups is 1. The maximum atomic E-state index is 13.8. The van der Waals surface area contributed by atoms with Crippen LogP contribution in [0.2, 0.25) is 0 Å². The zero-order valence-corrected chi connectivity index (χ0v) is 29.5. The van der Waals surface area contributed by atoms with Gasteiger partial charge >= 0.3 is 11.9 Å². The summed E-state index contributed by atoms with van der Waals surface area (Å²) in [6.07, 6.45) is 0.674. The Balaban J connectivity index is 1.53. The SMILES string of the molecule is COc1cccc(OC)c1C(=O)OC[C@H]1O[C@@H](OCCCCCCCCN=[N+]=[N-])[C@H](OC(=O)c2c(OC)cccc2OC)[C@H]2OC(C)(C)O[C@H]21. The van der Waals surface area contributed by atoms with Gasteiger partial charge in [-0.25, -0.2) is 9.59 Å². The Kier molecular flexibility index (Phi) is 14.4. The molecule has 2 aliphatic rings. The van der Waals surface area contributed by atoms with Crippen molar-refractivity contribution in [3.8, 4) is 23.0 Å². The second-order valence-corrected chi connectivity index (χ2v) is 12.1. The molecule has 274 valence electrons. The van der Waals surface area contributed by atoms with Gasteiger partial charge in [0, 0.05) is 18.1 Å². The van der Waals surface area contributed by atoms with Crippen molar-refractivity contribution >= 4 is 11.9 Å². The van der Waals surface area contributed by atoms with E-state index in [1.54, 1.807) is 50.2 Å². The van der Waals surface area contributed by atoms with Crippen molar-refractivity contribution in [1.29, 1.82) is 0 Å². The van der Waals surface area contributed by atoms with Crippen LogP contribution in [0.5, 0.6) is 23.0 Å². The molecule has 50 heavy (non-hydrogen) atoms. The van der Waals surface area contributed by atoms with Crippen LogP contribution in [0.1, 0.15) is 73.1 Å². The molecule has 0 aromatic heterocycles. The van der Waals surface area contributed by atoms with Gasteiger partial charge < -0.3 is 47.4 Å². The Labute approximate surface area is 291 Å². The van der Waals surface area contributed by atoms with Crippen LogP contribution in [0, 0.1) is 0 Å². The zero-order valence-electron chi connectivity index (χ0n) is 29.5. The molecule has 2 saturated heterocycles. The molecule has 0 unspecified atom stereocenters. The van der Waals surface area contributed by atoms with Crippen molar-refractivity contribution in [3.05, 3.63) is 58.0 Å². The van der Waals surface area contributed by atoms with E-state index in [1.165, 1.54) is 28.4 Å². The molecule has 2 aliphatic heterocycles. The average Bonchev–Trinajstić information content (AvgIpc) is 3.46. The van der Waals surface area contributed by atoms with E-state index in [0.717, 1.165) is 32.1 Å². The third-order valence-electron chi connectivity index (χ3n) is 8.31. The van der Waals surface area contributed by atoms with Crippen LogP contribution < -0.4 is 18.9 Å². The lowest BCUT2D eigenvalue weighted by Gasteiger charge is -2.41. The van der Waals surface area contributed by atoms with Gasteiger partial charge in [0.05, 0.1) is 28.4 Å². The summed E-state index contributed by atoms with van der Waals surface area (Å²) in [5.41, 5.74) is 8.64. The van der Waals surface area contributed by atoms with Gasteiger partial charge in [0.15, 0.2) is 18.2 Å². The number of fused-ring (bicyclic) bond motifs is 1. The lowest BCUT2D eigenvalue weighted by Crippen LogP contribution is -2.59. The van der Waals surface area contributed by atoms with Crippen LogP contribution in [0.3, 0.4) is 0 Å². The van der Waals surface area contributed by atoms with Crippen molar-refractivity contribution in [2.75, 3.05) is 48.2 Å². The van der Waals surface area contributed by atoms with E-state index in [1.807, 2.05) is 0 Å². The molecule has 0 amide bonds. The minimum atomic E-state index is -1.10. The zero-order chi connectivity index (χ0) is 36.1. The summed E-state index contributed by atoms with van der Waals surface area (Å²) in [7, 11) is 5.78. The van der Waals surface area contributed by atoms with Crippen molar-refractivity contribution in [2.45, 2.75) is 88.9 Å². The lowest BCUT2D eigenvalue weighted by molar-refractivity contribution is -0.281. The lowest BCUT2D eigenvalue weighted by atomic mass is 9.99. The largest absolute Gasteiger partial charge is 0.496 e. The van der Waals surface area contributed by atoms with E-state index >= 15 is 0 Å². The molecule has 15 nitrogen and oxygen atoms in total. The van der Waals surface area contributed by atoms with Crippen LogP contribution in [0.4, 0.5) is 0 Å². The summed E-state index contributed by atoms with van der Waals surface area (Å²) in [6.45, 7) is 4.02. The van der Waals surface area contributed by atoms with Gasteiger partial charge in [0.2, 0.25) is 0 Å². The summed E-state index contributed by atoms with van der Waals surface area (Å²) in [4.78, 5) is 29.9. The number of esters is 2. The molecule has 5 atom stereocenters. The van der Waals surface area contributed by atoms with Crippen LogP contribution in [-0.2, 0) is 28.4 Å².